The molecule has 0 radical (unpaired) electrons. The Morgan fingerprint density at radius 3 is 2.37 bits per heavy atom. The van der Waals surface area contributed by atoms with Gasteiger partial charge in [-0.1, -0.05) is 24.3 Å². The van der Waals surface area contributed by atoms with Gasteiger partial charge < -0.3 is 9.84 Å². The molecule has 0 fully saturated rings. The first-order valence-electron chi connectivity index (χ1n) is 6.09. The lowest BCUT2D eigenvalue weighted by Gasteiger charge is -2.11. The van der Waals surface area contributed by atoms with Gasteiger partial charge in [-0.05, 0) is 48.7 Å². The molecule has 2 aromatic carbocycles. The molecule has 0 bridgehead atoms. The Bertz CT molecular complexity index is 582. The summed E-state index contributed by atoms with van der Waals surface area (Å²) < 4.78 is 5.68. The van der Waals surface area contributed by atoms with Crippen LogP contribution in [0.25, 0.3) is 0 Å². The fourth-order valence-corrected chi connectivity index (χ4v) is 1.95. The molecule has 3 nitrogen and oxygen atoms in total. The van der Waals surface area contributed by atoms with Gasteiger partial charge in [0.05, 0.1) is 5.56 Å². The van der Waals surface area contributed by atoms with E-state index >= 15 is 0 Å². The molecule has 0 aliphatic carbocycles. The Morgan fingerprint density at radius 2 is 1.74 bits per heavy atom. The number of hydrogen-bond donors (Lipinski definition) is 1. The third kappa shape index (κ3) is 3.13. The molecule has 2 aromatic rings. The summed E-state index contributed by atoms with van der Waals surface area (Å²) >= 11 is 0. The van der Waals surface area contributed by atoms with Crippen LogP contribution in [0.2, 0.25) is 0 Å². The number of carbonyl (C=O) groups is 1. The van der Waals surface area contributed by atoms with Crippen LogP contribution in [0.4, 0.5) is 0 Å². The maximum absolute atomic E-state index is 10.9. The molecule has 0 saturated heterocycles. The number of aryl methyl sites for hydroxylation is 2. The largest absolute Gasteiger partial charge is 0.489 e. The molecule has 2 rings (SSSR count). The van der Waals surface area contributed by atoms with E-state index in [4.69, 9.17) is 9.84 Å². The normalized spacial score (nSPS) is 10.2. The fraction of sp³-hybridized carbons (Fsp3) is 0.188. The third-order valence-corrected chi connectivity index (χ3v) is 3.11. The average molecular weight is 256 g/mol. The summed E-state index contributed by atoms with van der Waals surface area (Å²) in [4.78, 5) is 10.9. The van der Waals surface area contributed by atoms with Crippen LogP contribution >= 0.6 is 0 Å². The minimum absolute atomic E-state index is 0.235. The van der Waals surface area contributed by atoms with Gasteiger partial charge in [0.1, 0.15) is 12.4 Å². The highest BCUT2D eigenvalue weighted by molar-refractivity contribution is 5.87. The van der Waals surface area contributed by atoms with E-state index in [1.807, 2.05) is 32.0 Å². The lowest BCUT2D eigenvalue weighted by atomic mass is 10.0. The van der Waals surface area contributed by atoms with Gasteiger partial charge in [0.15, 0.2) is 0 Å². The van der Waals surface area contributed by atoms with Crippen molar-refractivity contribution in [1.29, 1.82) is 0 Å². The van der Waals surface area contributed by atoms with Gasteiger partial charge in [0.25, 0.3) is 0 Å². The number of rotatable bonds is 4. The first-order valence-corrected chi connectivity index (χ1v) is 6.09. The van der Waals surface area contributed by atoms with Crippen LogP contribution in [0.5, 0.6) is 5.75 Å². The van der Waals surface area contributed by atoms with Crippen LogP contribution in [-0.2, 0) is 6.61 Å². The highest BCUT2D eigenvalue weighted by atomic mass is 16.5. The smallest absolute Gasteiger partial charge is 0.335 e. The van der Waals surface area contributed by atoms with E-state index in [1.54, 1.807) is 18.2 Å². The molecule has 0 aliphatic rings. The summed E-state index contributed by atoms with van der Waals surface area (Å²) in [5, 5.41) is 8.93. The Morgan fingerprint density at radius 1 is 1.11 bits per heavy atom. The number of aromatic carboxylic acids is 1. The Hall–Kier alpha value is -2.29. The Balaban J connectivity index is 2.15. The molecule has 1 N–H and O–H groups in total. The maximum atomic E-state index is 10.9. The summed E-state index contributed by atoms with van der Waals surface area (Å²) in [5.74, 6) is -0.375. The van der Waals surface area contributed by atoms with E-state index in [1.165, 1.54) is 17.2 Å². The summed E-state index contributed by atoms with van der Waals surface area (Å²) in [6, 6.07) is 12.6. The van der Waals surface area contributed by atoms with Crippen molar-refractivity contribution in [3.63, 3.8) is 0 Å². The average Bonchev–Trinajstić information content (AvgIpc) is 2.38. The number of ether oxygens (including phenoxy) is 1. The van der Waals surface area contributed by atoms with Crippen molar-refractivity contribution in [1.82, 2.24) is 0 Å². The quantitative estimate of drug-likeness (QED) is 0.909. The van der Waals surface area contributed by atoms with Gasteiger partial charge in [0, 0.05) is 0 Å². The zero-order chi connectivity index (χ0) is 13.8. The van der Waals surface area contributed by atoms with Gasteiger partial charge in [-0.2, -0.15) is 0 Å². The molecule has 0 heterocycles. The summed E-state index contributed by atoms with van der Waals surface area (Å²) in [6.07, 6.45) is 0. The number of carboxylic acid groups (broad SMARTS) is 1. The van der Waals surface area contributed by atoms with Crippen molar-refractivity contribution < 1.29 is 14.6 Å². The predicted octanol–water partition coefficient (Wildman–Crippen LogP) is 3.58. The van der Waals surface area contributed by atoms with Crippen molar-refractivity contribution in [3.8, 4) is 5.75 Å². The number of carboxylic acids is 1. The molecule has 0 atom stereocenters. The molecule has 98 valence electrons. The highest BCUT2D eigenvalue weighted by Crippen LogP contribution is 2.18. The van der Waals surface area contributed by atoms with Crippen molar-refractivity contribution >= 4 is 5.97 Å². The van der Waals surface area contributed by atoms with Crippen LogP contribution in [-0.4, -0.2) is 11.1 Å². The number of hydrogen-bond acceptors (Lipinski definition) is 2. The molecule has 0 saturated carbocycles. The van der Waals surface area contributed by atoms with E-state index in [0.717, 1.165) is 5.56 Å². The third-order valence-electron chi connectivity index (χ3n) is 3.11. The molecule has 0 spiro atoms. The highest BCUT2D eigenvalue weighted by Gasteiger charge is 2.06. The number of benzene rings is 2. The predicted molar refractivity (Wildman–Crippen MR) is 73.6 cm³/mol. The van der Waals surface area contributed by atoms with E-state index in [2.05, 4.69) is 0 Å². The van der Waals surface area contributed by atoms with Gasteiger partial charge >= 0.3 is 5.97 Å². The van der Waals surface area contributed by atoms with Gasteiger partial charge in [-0.15, -0.1) is 0 Å². The van der Waals surface area contributed by atoms with Crippen LogP contribution < -0.4 is 4.74 Å². The lowest BCUT2D eigenvalue weighted by molar-refractivity contribution is 0.0696. The molecular formula is C16H16O3. The molecule has 0 aliphatic heterocycles. The van der Waals surface area contributed by atoms with Gasteiger partial charge in [-0.3, -0.25) is 0 Å². The zero-order valence-corrected chi connectivity index (χ0v) is 11.0. The molecule has 0 unspecified atom stereocenters. The van der Waals surface area contributed by atoms with Crippen LogP contribution in [0.3, 0.4) is 0 Å². The van der Waals surface area contributed by atoms with Crippen molar-refractivity contribution in [2.75, 3.05) is 0 Å². The minimum Gasteiger partial charge on any atom is -0.489 e. The SMILES string of the molecule is Cc1cccc(C)c1COc1cccc(C(=O)O)c1. The second kappa shape index (κ2) is 5.57. The van der Waals surface area contributed by atoms with Gasteiger partial charge in [0.2, 0.25) is 0 Å². The van der Waals surface area contributed by atoms with Crippen molar-refractivity contribution in [2.24, 2.45) is 0 Å². The van der Waals surface area contributed by atoms with Crippen molar-refractivity contribution in [3.05, 3.63) is 64.7 Å². The molecule has 19 heavy (non-hydrogen) atoms. The summed E-state index contributed by atoms with van der Waals surface area (Å²) in [5.41, 5.74) is 3.73. The zero-order valence-electron chi connectivity index (χ0n) is 11.0. The Labute approximate surface area is 112 Å². The lowest BCUT2D eigenvalue weighted by Crippen LogP contribution is -2.02. The summed E-state index contributed by atoms with van der Waals surface area (Å²) in [6.45, 7) is 4.53. The van der Waals surface area contributed by atoms with Crippen molar-refractivity contribution in [2.45, 2.75) is 20.5 Å². The van der Waals surface area contributed by atoms with E-state index < -0.39 is 5.97 Å². The van der Waals surface area contributed by atoms with Crippen LogP contribution in [0.15, 0.2) is 42.5 Å². The summed E-state index contributed by atoms with van der Waals surface area (Å²) in [7, 11) is 0. The van der Waals surface area contributed by atoms with Crippen LogP contribution in [0, 0.1) is 13.8 Å². The maximum Gasteiger partial charge on any atom is 0.335 e. The van der Waals surface area contributed by atoms with Crippen LogP contribution in [0.1, 0.15) is 27.0 Å². The van der Waals surface area contributed by atoms with E-state index in [0.29, 0.717) is 12.4 Å². The second-order valence-electron chi connectivity index (χ2n) is 4.49. The standard InChI is InChI=1S/C16H16O3/c1-11-5-3-6-12(2)15(11)10-19-14-8-4-7-13(9-14)16(17)18/h3-9H,10H2,1-2H3,(H,17,18). The molecule has 0 aromatic heterocycles. The first-order chi connectivity index (χ1) is 9.08. The second-order valence-corrected chi connectivity index (χ2v) is 4.49. The van der Waals surface area contributed by atoms with E-state index in [9.17, 15) is 4.79 Å². The monoisotopic (exact) mass is 256 g/mol. The minimum atomic E-state index is -0.947. The topological polar surface area (TPSA) is 46.5 Å². The van der Waals surface area contributed by atoms with Gasteiger partial charge in [-0.25, -0.2) is 4.79 Å². The molecule has 3 heteroatoms. The van der Waals surface area contributed by atoms with E-state index in [-0.39, 0.29) is 5.56 Å². The first kappa shape index (κ1) is 13.1. The Kier molecular flexibility index (Phi) is 3.85. The fourth-order valence-electron chi connectivity index (χ4n) is 1.95. The molecule has 0 amide bonds. The molecular weight excluding hydrogens is 240 g/mol.